The van der Waals surface area contributed by atoms with E-state index in [4.69, 9.17) is 10.2 Å². The van der Waals surface area contributed by atoms with E-state index in [0.717, 1.165) is 44.5 Å². The molecule has 2 N–H and O–H groups in total. The standard InChI is InChI=1S/C45H45N5O2S2/c1-35(51)32-48(38-13-6-3-7-14-38)46-30-36-21-25-41(26-22-36)50(40-17-10-5-11-18-40)42-27-23-37(24-28-42)31-47-49(39-15-8-4-9-16-39)33-43(52)34-54-45-20-12-19-44(29-45)53-2/h3-31,35,43,51-52H,32-34H2,1-2H3/b46-30-,47-31-. The van der Waals surface area contributed by atoms with Crippen molar-refractivity contribution in [3.05, 3.63) is 175 Å². The van der Waals surface area contributed by atoms with E-state index in [1.54, 1.807) is 30.4 Å². The number of rotatable bonds is 17. The first-order valence-electron chi connectivity index (χ1n) is 17.9. The molecule has 0 aliphatic carbocycles. The molecule has 2 unspecified atom stereocenters. The van der Waals surface area contributed by atoms with Crippen LogP contribution in [-0.4, -0.2) is 59.9 Å². The summed E-state index contributed by atoms with van der Waals surface area (Å²) in [6, 6.07) is 55.1. The van der Waals surface area contributed by atoms with Crippen LogP contribution in [0.15, 0.2) is 184 Å². The summed E-state index contributed by atoms with van der Waals surface area (Å²) in [6.45, 7) is 2.51. The van der Waals surface area contributed by atoms with Crippen molar-refractivity contribution in [1.82, 2.24) is 0 Å². The van der Waals surface area contributed by atoms with Crippen LogP contribution in [-0.2, 0) is 0 Å². The quantitative estimate of drug-likeness (QED) is 0.0546. The molecule has 0 radical (unpaired) electrons. The summed E-state index contributed by atoms with van der Waals surface area (Å²) in [7, 11) is 0. The van der Waals surface area contributed by atoms with Crippen molar-refractivity contribution in [2.45, 2.75) is 28.9 Å². The monoisotopic (exact) mass is 751 g/mol. The summed E-state index contributed by atoms with van der Waals surface area (Å²) >= 11 is 3.37. The van der Waals surface area contributed by atoms with Crippen molar-refractivity contribution in [2.75, 3.05) is 40.0 Å². The molecule has 9 heteroatoms. The van der Waals surface area contributed by atoms with Crippen molar-refractivity contribution < 1.29 is 10.2 Å². The fourth-order valence-corrected chi connectivity index (χ4v) is 7.15. The Balaban J connectivity index is 1.18. The molecular weight excluding hydrogens is 707 g/mol. The third-order valence-electron chi connectivity index (χ3n) is 8.42. The van der Waals surface area contributed by atoms with Gasteiger partial charge in [0, 0.05) is 32.6 Å². The Morgan fingerprint density at radius 1 is 0.537 bits per heavy atom. The Bertz CT molecular complexity index is 2060. The molecule has 0 amide bonds. The van der Waals surface area contributed by atoms with Gasteiger partial charge in [-0.2, -0.15) is 10.2 Å². The number of hydrazone groups is 2. The van der Waals surface area contributed by atoms with Crippen molar-refractivity contribution >= 4 is 64.4 Å². The first-order chi connectivity index (χ1) is 26.4. The highest BCUT2D eigenvalue weighted by Crippen LogP contribution is 2.34. The van der Waals surface area contributed by atoms with Crippen LogP contribution in [0.4, 0.5) is 28.4 Å². The minimum absolute atomic E-state index is 0.362. The predicted molar refractivity (Wildman–Crippen MR) is 231 cm³/mol. The van der Waals surface area contributed by atoms with E-state index in [9.17, 15) is 10.2 Å². The second-order valence-electron chi connectivity index (χ2n) is 12.7. The number of hydrogen-bond donors (Lipinski definition) is 2. The van der Waals surface area contributed by atoms with Gasteiger partial charge in [0.1, 0.15) is 0 Å². The van der Waals surface area contributed by atoms with Gasteiger partial charge >= 0.3 is 0 Å². The lowest BCUT2D eigenvalue weighted by Crippen LogP contribution is -2.30. The lowest BCUT2D eigenvalue weighted by atomic mass is 10.1. The van der Waals surface area contributed by atoms with Gasteiger partial charge in [0.2, 0.25) is 0 Å². The second-order valence-corrected chi connectivity index (χ2v) is 14.6. The smallest absolute Gasteiger partial charge is 0.0830 e. The summed E-state index contributed by atoms with van der Waals surface area (Å²) in [5, 5.41) is 34.4. The maximum absolute atomic E-state index is 11.1. The summed E-state index contributed by atoms with van der Waals surface area (Å²) in [4.78, 5) is 4.57. The molecule has 6 aromatic rings. The van der Waals surface area contributed by atoms with E-state index < -0.39 is 12.2 Å². The van der Waals surface area contributed by atoms with Crippen LogP contribution in [0.2, 0.25) is 0 Å². The van der Waals surface area contributed by atoms with Gasteiger partial charge in [0.25, 0.3) is 0 Å². The van der Waals surface area contributed by atoms with E-state index in [2.05, 4.69) is 84.0 Å². The Kier molecular flexibility index (Phi) is 14.0. The van der Waals surface area contributed by atoms with Crippen molar-refractivity contribution in [1.29, 1.82) is 0 Å². The predicted octanol–water partition coefficient (Wildman–Crippen LogP) is 10.1. The minimum atomic E-state index is -0.586. The summed E-state index contributed by atoms with van der Waals surface area (Å²) in [5.41, 5.74) is 6.77. The normalized spacial score (nSPS) is 12.5. The molecule has 0 saturated heterocycles. The van der Waals surface area contributed by atoms with Crippen LogP contribution in [0.3, 0.4) is 0 Å². The van der Waals surface area contributed by atoms with Crippen molar-refractivity contribution in [3.63, 3.8) is 0 Å². The molecule has 7 nitrogen and oxygen atoms in total. The highest BCUT2D eigenvalue weighted by Gasteiger charge is 2.15. The largest absolute Gasteiger partial charge is 0.391 e. The van der Waals surface area contributed by atoms with Gasteiger partial charge in [0.05, 0.1) is 49.1 Å². The van der Waals surface area contributed by atoms with Crippen LogP contribution >= 0.6 is 23.5 Å². The van der Waals surface area contributed by atoms with Crippen molar-refractivity contribution in [3.8, 4) is 0 Å². The SMILES string of the molecule is CSc1cccc(SCC(O)CN(/N=C\c2ccc(N(c3ccccc3)c3ccc(/C=N\N(CC(C)O)c4ccccc4)cc3)cc2)c2ccccc2)c1. The molecule has 2 atom stereocenters. The van der Waals surface area contributed by atoms with Crippen LogP contribution in [0, 0.1) is 0 Å². The van der Waals surface area contributed by atoms with Gasteiger partial charge in [-0.15, -0.1) is 23.5 Å². The van der Waals surface area contributed by atoms with Gasteiger partial charge in [0.15, 0.2) is 0 Å². The maximum Gasteiger partial charge on any atom is 0.0830 e. The lowest BCUT2D eigenvalue weighted by molar-refractivity contribution is 0.200. The van der Waals surface area contributed by atoms with Gasteiger partial charge in [-0.3, -0.25) is 10.0 Å². The molecule has 274 valence electrons. The molecule has 54 heavy (non-hydrogen) atoms. The van der Waals surface area contributed by atoms with Crippen molar-refractivity contribution in [2.24, 2.45) is 10.2 Å². The van der Waals surface area contributed by atoms with Crippen LogP contribution in [0.25, 0.3) is 0 Å². The third-order valence-corrected chi connectivity index (χ3v) is 10.3. The number of aliphatic hydroxyl groups excluding tert-OH is 2. The summed E-state index contributed by atoms with van der Waals surface area (Å²) in [6.07, 6.45) is 4.62. The van der Waals surface area contributed by atoms with E-state index in [0.29, 0.717) is 18.8 Å². The summed E-state index contributed by atoms with van der Waals surface area (Å²) < 4.78 is 0. The molecule has 6 aromatic carbocycles. The highest BCUT2D eigenvalue weighted by atomic mass is 32.2. The number of para-hydroxylation sites is 3. The maximum atomic E-state index is 11.1. The number of anilines is 5. The Morgan fingerprint density at radius 3 is 1.46 bits per heavy atom. The molecule has 0 heterocycles. The Labute approximate surface area is 327 Å². The Morgan fingerprint density at radius 2 is 0.981 bits per heavy atom. The zero-order chi connectivity index (χ0) is 37.5. The van der Waals surface area contributed by atoms with E-state index >= 15 is 0 Å². The minimum Gasteiger partial charge on any atom is -0.391 e. The first kappa shape index (κ1) is 38.4. The molecule has 0 spiro atoms. The number of benzene rings is 6. The van der Waals surface area contributed by atoms with Crippen LogP contribution in [0.5, 0.6) is 0 Å². The number of thioether (sulfide) groups is 2. The molecule has 0 bridgehead atoms. The van der Waals surface area contributed by atoms with Gasteiger partial charge in [-0.05, 0) is 103 Å². The molecule has 0 fully saturated rings. The number of hydrogen-bond acceptors (Lipinski definition) is 9. The first-order valence-corrected chi connectivity index (χ1v) is 20.1. The van der Waals surface area contributed by atoms with Crippen LogP contribution in [0.1, 0.15) is 18.1 Å². The van der Waals surface area contributed by atoms with Gasteiger partial charge in [-0.25, -0.2) is 0 Å². The molecule has 0 aliphatic heterocycles. The zero-order valence-electron chi connectivity index (χ0n) is 30.5. The lowest BCUT2D eigenvalue weighted by Gasteiger charge is -2.25. The molecular formula is C45H45N5O2S2. The van der Waals surface area contributed by atoms with E-state index in [1.165, 1.54) is 4.90 Å². The van der Waals surface area contributed by atoms with Gasteiger partial charge in [-0.1, -0.05) is 84.9 Å². The average Bonchev–Trinajstić information content (AvgIpc) is 3.22. The Hall–Kier alpha value is -5.32. The van der Waals surface area contributed by atoms with E-state index in [1.807, 2.05) is 113 Å². The summed E-state index contributed by atoms with van der Waals surface area (Å²) in [5.74, 6) is 0.559. The second kappa shape index (κ2) is 19.7. The van der Waals surface area contributed by atoms with Crippen LogP contribution < -0.4 is 14.9 Å². The fraction of sp³-hybridized carbons (Fsp3) is 0.156. The molecule has 6 rings (SSSR count). The number of aliphatic hydroxyl groups is 2. The molecule has 0 saturated carbocycles. The molecule has 0 aliphatic rings. The fourth-order valence-electron chi connectivity index (χ4n) is 5.74. The highest BCUT2D eigenvalue weighted by molar-refractivity contribution is 7.99. The number of nitrogens with zero attached hydrogens (tertiary/aromatic N) is 5. The van der Waals surface area contributed by atoms with E-state index in [-0.39, 0.29) is 0 Å². The topological polar surface area (TPSA) is 74.9 Å². The third kappa shape index (κ3) is 11.1. The average molecular weight is 752 g/mol. The van der Waals surface area contributed by atoms with Gasteiger partial charge < -0.3 is 15.1 Å². The zero-order valence-corrected chi connectivity index (χ0v) is 32.1. The molecule has 0 aromatic heterocycles.